The van der Waals surface area contributed by atoms with Crippen LogP contribution in [0.2, 0.25) is 0 Å². The van der Waals surface area contributed by atoms with Crippen molar-refractivity contribution in [3.8, 4) is 0 Å². The molecule has 0 heterocycles. The Labute approximate surface area is 97.0 Å². The van der Waals surface area contributed by atoms with Crippen molar-refractivity contribution in [1.29, 1.82) is 0 Å². The van der Waals surface area contributed by atoms with Crippen LogP contribution in [-0.4, -0.2) is 17.7 Å². The normalized spacial score (nSPS) is 11.9. The molecule has 0 aromatic heterocycles. The fourth-order valence-electron chi connectivity index (χ4n) is 1.01. The van der Waals surface area contributed by atoms with Gasteiger partial charge in [-0.2, -0.15) is 0 Å². The molecule has 0 spiro atoms. The van der Waals surface area contributed by atoms with Crippen LogP contribution < -0.4 is 5.32 Å². The quantitative estimate of drug-likeness (QED) is 0.914. The van der Waals surface area contributed by atoms with E-state index in [0.717, 1.165) is 4.47 Å². The van der Waals surface area contributed by atoms with Crippen molar-refractivity contribution in [1.82, 2.24) is 5.32 Å². The minimum absolute atomic E-state index is 0.0571. The zero-order valence-electron chi connectivity index (χ0n) is 8.58. The van der Waals surface area contributed by atoms with Gasteiger partial charge in [-0.1, -0.05) is 22.0 Å². The highest BCUT2D eigenvalue weighted by atomic mass is 79.9. The van der Waals surface area contributed by atoms with E-state index in [9.17, 15) is 9.59 Å². The molecule has 80 valence electrons. The van der Waals surface area contributed by atoms with Crippen molar-refractivity contribution in [2.24, 2.45) is 0 Å². The highest BCUT2D eigenvalue weighted by Gasteiger charge is 2.12. The highest BCUT2D eigenvalue weighted by Crippen LogP contribution is 2.11. The van der Waals surface area contributed by atoms with Crippen molar-refractivity contribution in [2.45, 2.75) is 19.9 Å². The van der Waals surface area contributed by atoms with Crippen LogP contribution in [-0.2, 0) is 4.79 Å². The van der Waals surface area contributed by atoms with Crippen LogP contribution in [0.3, 0.4) is 0 Å². The number of hydrogen-bond acceptors (Lipinski definition) is 2. The second-order valence-corrected chi connectivity index (χ2v) is 4.23. The monoisotopic (exact) mass is 269 g/mol. The molecule has 0 bridgehead atoms. The smallest absolute Gasteiger partial charge is 0.251 e. The second kappa shape index (κ2) is 5.07. The van der Waals surface area contributed by atoms with Crippen molar-refractivity contribution >= 4 is 27.6 Å². The highest BCUT2D eigenvalue weighted by molar-refractivity contribution is 9.10. The van der Waals surface area contributed by atoms with E-state index in [-0.39, 0.29) is 11.7 Å². The molecule has 3 nitrogen and oxygen atoms in total. The van der Waals surface area contributed by atoms with E-state index >= 15 is 0 Å². The fraction of sp³-hybridized carbons (Fsp3) is 0.273. The fourth-order valence-corrected chi connectivity index (χ4v) is 1.41. The van der Waals surface area contributed by atoms with E-state index in [1.165, 1.54) is 6.92 Å². The number of halogens is 1. The molecule has 1 aromatic rings. The minimum atomic E-state index is -0.448. The summed E-state index contributed by atoms with van der Waals surface area (Å²) >= 11 is 3.28. The maximum absolute atomic E-state index is 11.6. The second-order valence-electron chi connectivity index (χ2n) is 3.32. The van der Waals surface area contributed by atoms with Crippen LogP contribution in [0.4, 0.5) is 0 Å². The van der Waals surface area contributed by atoms with Crippen LogP contribution >= 0.6 is 15.9 Å². The van der Waals surface area contributed by atoms with E-state index in [2.05, 4.69) is 21.2 Å². The van der Waals surface area contributed by atoms with E-state index in [0.29, 0.717) is 5.56 Å². The van der Waals surface area contributed by atoms with Gasteiger partial charge < -0.3 is 5.32 Å². The number of amides is 1. The van der Waals surface area contributed by atoms with Gasteiger partial charge in [-0.3, -0.25) is 9.59 Å². The van der Waals surface area contributed by atoms with Crippen molar-refractivity contribution in [3.05, 3.63) is 34.3 Å². The van der Waals surface area contributed by atoms with Crippen LogP contribution in [0.15, 0.2) is 28.7 Å². The number of benzene rings is 1. The lowest BCUT2D eigenvalue weighted by Gasteiger charge is -2.10. The zero-order chi connectivity index (χ0) is 11.4. The summed E-state index contributed by atoms with van der Waals surface area (Å²) in [6.45, 7) is 3.12. The first kappa shape index (κ1) is 11.9. The Kier molecular flexibility index (Phi) is 4.03. The Morgan fingerprint density at radius 2 is 2.07 bits per heavy atom. The summed E-state index contributed by atoms with van der Waals surface area (Å²) in [6, 6.07) is 6.58. The number of carbonyl (C=O) groups excluding carboxylic acids is 2. The Balaban J connectivity index is 2.73. The molecule has 1 unspecified atom stereocenters. The topological polar surface area (TPSA) is 46.2 Å². The van der Waals surface area contributed by atoms with Gasteiger partial charge in [-0.25, -0.2) is 0 Å². The van der Waals surface area contributed by atoms with Gasteiger partial charge in [0.2, 0.25) is 0 Å². The van der Waals surface area contributed by atoms with Gasteiger partial charge in [0.15, 0.2) is 5.78 Å². The van der Waals surface area contributed by atoms with Gasteiger partial charge >= 0.3 is 0 Å². The average molecular weight is 270 g/mol. The van der Waals surface area contributed by atoms with E-state index in [1.807, 2.05) is 6.07 Å². The maximum atomic E-state index is 11.6. The molecular formula is C11H12BrNO2. The largest absolute Gasteiger partial charge is 0.343 e. The lowest BCUT2D eigenvalue weighted by Crippen LogP contribution is -2.37. The van der Waals surface area contributed by atoms with Gasteiger partial charge in [0.25, 0.3) is 5.91 Å². The molecule has 1 N–H and O–H groups in total. The van der Waals surface area contributed by atoms with Crippen LogP contribution in [0.25, 0.3) is 0 Å². The predicted molar refractivity (Wildman–Crippen MR) is 61.8 cm³/mol. The number of Topliss-reactive ketones (excluding diaryl/α,β-unsaturated/α-hetero) is 1. The summed E-state index contributed by atoms with van der Waals surface area (Å²) in [5.41, 5.74) is 0.539. The third-order valence-corrected chi connectivity index (χ3v) is 2.54. The Bertz CT molecular complexity index is 390. The maximum Gasteiger partial charge on any atom is 0.251 e. The average Bonchev–Trinajstić information content (AvgIpc) is 2.17. The molecule has 1 amide bonds. The summed E-state index contributed by atoms with van der Waals surface area (Å²) in [7, 11) is 0. The number of rotatable bonds is 3. The summed E-state index contributed by atoms with van der Waals surface area (Å²) in [5, 5.41) is 2.61. The molecule has 0 fully saturated rings. The van der Waals surface area contributed by atoms with E-state index in [4.69, 9.17) is 0 Å². The molecule has 0 aliphatic heterocycles. The summed E-state index contributed by atoms with van der Waals surface area (Å²) < 4.78 is 0.839. The third-order valence-electron chi connectivity index (χ3n) is 2.04. The van der Waals surface area contributed by atoms with Crippen LogP contribution in [0.1, 0.15) is 24.2 Å². The lowest BCUT2D eigenvalue weighted by molar-refractivity contribution is -0.118. The van der Waals surface area contributed by atoms with Crippen molar-refractivity contribution < 1.29 is 9.59 Å². The number of hydrogen-bond donors (Lipinski definition) is 1. The molecule has 0 aliphatic carbocycles. The Morgan fingerprint density at radius 1 is 1.40 bits per heavy atom. The molecule has 1 aromatic carbocycles. The molecule has 0 saturated heterocycles. The summed E-state index contributed by atoms with van der Waals surface area (Å²) in [4.78, 5) is 22.6. The first-order valence-electron chi connectivity index (χ1n) is 4.57. The standard InChI is InChI=1S/C11H12BrNO2/c1-7(8(2)14)13-11(15)9-4-3-5-10(12)6-9/h3-7H,1-2H3,(H,13,15). The summed E-state index contributed by atoms with van der Waals surface area (Å²) in [6.07, 6.45) is 0. The number of nitrogens with one attached hydrogen (secondary N) is 1. The van der Waals surface area contributed by atoms with Gasteiger partial charge in [0, 0.05) is 10.0 Å². The van der Waals surface area contributed by atoms with Crippen molar-refractivity contribution in [2.75, 3.05) is 0 Å². The lowest BCUT2D eigenvalue weighted by atomic mass is 10.2. The Hall–Kier alpha value is -1.16. The molecule has 4 heteroatoms. The predicted octanol–water partition coefficient (Wildman–Crippen LogP) is 2.16. The first-order chi connectivity index (χ1) is 7.00. The van der Waals surface area contributed by atoms with Crippen LogP contribution in [0, 0.1) is 0 Å². The molecule has 0 saturated carbocycles. The molecule has 0 aliphatic rings. The van der Waals surface area contributed by atoms with Gasteiger partial charge in [0.1, 0.15) is 0 Å². The van der Waals surface area contributed by atoms with Crippen LogP contribution in [0.5, 0.6) is 0 Å². The Morgan fingerprint density at radius 3 is 2.60 bits per heavy atom. The van der Waals surface area contributed by atoms with Gasteiger partial charge in [-0.05, 0) is 32.0 Å². The zero-order valence-corrected chi connectivity index (χ0v) is 10.2. The van der Waals surface area contributed by atoms with Gasteiger partial charge in [-0.15, -0.1) is 0 Å². The summed E-state index contributed by atoms with van der Waals surface area (Å²) in [5.74, 6) is -0.294. The minimum Gasteiger partial charge on any atom is -0.343 e. The van der Waals surface area contributed by atoms with Crippen molar-refractivity contribution in [3.63, 3.8) is 0 Å². The van der Waals surface area contributed by atoms with Gasteiger partial charge in [0.05, 0.1) is 6.04 Å². The molecular weight excluding hydrogens is 258 g/mol. The number of ketones is 1. The SMILES string of the molecule is CC(=O)C(C)NC(=O)c1cccc(Br)c1. The first-order valence-corrected chi connectivity index (χ1v) is 5.37. The number of carbonyl (C=O) groups is 2. The molecule has 1 atom stereocenters. The van der Waals surface area contributed by atoms with E-state index < -0.39 is 6.04 Å². The third kappa shape index (κ3) is 3.47. The molecule has 1 rings (SSSR count). The van der Waals surface area contributed by atoms with E-state index in [1.54, 1.807) is 25.1 Å². The molecule has 0 radical (unpaired) electrons. The molecule has 15 heavy (non-hydrogen) atoms.